The molecule has 6 nitrogen and oxygen atoms in total. The molecule has 2 N–H and O–H groups in total. The van der Waals surface area contributed by atoms with Gasteiger partial charge in [-0.25, -0.2) is 10.3 Å². The van der Waals surface area contributed by atoms with Crippen molar-refractivity contribution in [2.24, 2.45) is 0 Å². The van der Waals surface area contributed by atoms with Crippen molar-refractivity contribution < 1.29 is 14.4 Å². The van der Waals surface area contributed by atoms with Gasteiger partial charge >= 0.3 is 0 Å². The maximum Gasteiger partial charge on any atom is 0.275 e. The van der Waals surface area contributed by atoms with Crippen LogP contribution in [0.5, 0.6) is 0 Å². The monoisotopic (exact) mass is 393 g/mol. The van der Waals surface area contributed by atoms with E-state index in [1.165, 1.54) is 11.3 Å². The number of anilines is 1. The molecule has 2 heterocycles. The van der Waals surface area contributed by atoms with E-state index in [9.17, 15) is 14.4 Å². The van der Waals surface area contributed by atoms with E-state index in [4.69, 9.17) is 0 Å². The Morgan fingerprint density at radius 1 is 1.22 bits per heavy atom. The molecule has 0 saturated carbocycles. The quantitative estimate of drug-likeness (QED) is 0.615. The van der Waals surface area contributed by atoms with E-state index >= 15 is 0 Å². The van der Waals surface area contributed by atoms with Crippen LogP contribution in [0.3, 0.4) is 0 Å². The van der Waals surface area contributed by atoms with Crippen molar-refractivity contribution in [3.05, 3.63) is 51.1 Å². The third-order valence-electron chi connectivity index (χ3n) is 3.34. The van der Waals surface area contributed by atoms with Crippen molar-refractivity contribution in [3.8, 4) is 0 Å². The van der Waals surface area contributed by atoms with E-state index < -0.39 is 6.04 Å². The van der Waals surface area contributed by atoms with E-state index in [0.29, 0.717) is 10.6 Å². The number of imide groups is 1. The average Bonchev–Trinajstić information content (AvgIpc) is 3.15. The largest absolute Gasteiger partial charge is 0.286 e. The number of nitrogens with zero attached hydrogens (tertiary/aromatic N) is 1. The molecule has 0 unspecified atom stereocenters. The Morgan fingerprint density at radius 3 is 2.61 bits per heavy atom. The lowest BCUT2D eigenvalue weighted by Gasteiger charge is -2.15. The molecule has 1 fully saturated rings. The zero-order valence-corrected chi connectivity index (χ0v) is 14.2. The molecule has 2 aromatic rings. The van der Waals surface area contributed by atoms with Crippen molar-refractivity contribution in [1.82, 2.24) is 10.9 Å². The minimum absolute atomic E-state index is 0.000379. The smallest absolute Gasteiger partial charge is 0.275 e. The van der Waals surface area contributed by atoms with Gasteiger partial charge in [-0.1, -0.05) is 22.0 Å². The van der Waals surface area contributed by atoms with Crippen LogP contribution in [0.25, 0.3) is 0 Å². The lowest BCUT2D eigenvalue weighted by Crippen LogP contribution is -2.48. The summed E-state index contributed by atoms with van der Waals surface area (Å²) in [6, 6.07) is 9.56. The Balaban J connectivity index is 1.66. The molecule has 0 bridgehead atoms. The van der Waals surface area contributed by atoms with Crippen LogP contribution in [0, 0.1) is 0 Å². The lowest BCUT2D eigenvalue weighted by atomic mass is 10.2. The molecular formula is C15H12BrN3O3S. The molecule has 1 aliphatic heterocycles. The summed E-state index contributed by atoms with van der Waals surface area (Å²) >= 11 is 4.60. The SMILES string of the molecule is O=C(NN[C@@H]1CC(=O)N(c2ccc(Br)cc2)C1=O)c1cccs1. The first-order chi connectivity index (χ1) is 11.1. The van der Waals surface area contributed by atoms with Crippen LogP contribution in [0.15, 0.2) is 46.3 Å². The van der Waals surface area contributed by atoms with Gasteiger partial charge in [0.05, 0.1) is 17.0 Å². The Hall–Kier alpha value is -2.03. The first kappa shape index (κ1) is 15.9. The van der Waals surface area contributed by atoms with Crippen LogP contribution in [0.4, 0.5) is 5.69 Å². The highest BCUT2D eigenvalue weighted by molar-refractivity contribution is 9.10. The highest BCUT2D eigenvalue weighted by atomic mass is 79.9. The molecule has 1 aromatic carbocycles. The van der Waals surface area contributed by atoms with Gasteiger partial charge in [0.25, 0.3) is 11.8 Å². The lowest BCUT2D eigenvalue weighted by molar-refractivity contribution is -0.121. The zero-order chi connectivity index (χ0) is 16.4. The number of thiophene rings is 1. The van der Waals surface area contributed by atoms with Crippen molar-refractivity contribution >= 4 is 50.7 Å². The minimum Gasteiger partial charge on any atom is -0.286 e. The topological polar surface area (TPSA) is 78.5 Å². The summed E-state index contributed by atoms with van der Waals surface area (Å²) in [5.74, 6) is -1.02. The summed E-state index contributed by atoms with van der Waals surface area (Å²) in [5, 5.41) is 1.79. The third kappa shape index (κ3) is 3.34. The molecule has 1 aliphatic rings. The highest BCUT2D eigenvalue weighted by Crippen LogP contribution is 2.24. The van der Waals surface area contributed by atoms with Crippen LogP contribution in [-0.4, -0.2) is 23.8 Å². The number of hydrazine groups is 1. The minimum atomic E-state index is -0.768. The Bertz CT molecular complexity index is 746. The first-order valence-corrected chi connectivity index (χ1v) is 8.45. The van der Waals surface area contributed by atoms with Gasteiger partial charge in [0.1, 0.15) is 6.04 Å². The van der Waals surface area contributed by atoms with Crippen LogP contribution in [0.2, 0.25) is 0 Å². The van der Waals surface area contributed by atoms with Gasteiger partial charge in [-0.05, 0) is 35.7 Å². The molecule has 0 aliphatic carbocycles. The Morgan fingerprint density at radius 2 is 1.96 bits per heavy atom. The second kappa shape index (κ2) is 6.61. The summed E-state index contributed by atoms with van der Waals surface area (Å²) in [6.45, 7) is 0. The van der Waals surface area contributed by atoms with Gasteiger partial charge in [-0.3, -0.25) is 19.8 Å². The zero-order valence-electron chi connectivity index (χ0n) is 11.8. The molecule has 0 radical (unpaired) electrons. The number of carbonyl (C=O) groups is 3. The third-order valence-corrected chi connectivity index (χ3v) is 4.73. The number of carbonyl (C=O) groups excluding carboxylic acids is 3. The number of benzene rings is 1. The Labute approximate surface area is 144 Å². The predicted molar refractivity (Wildman–Crippen MR) is 90.0 cm³/mol. The molecule has 3 amide bonds. The van der Waals surface area contributed by atoms with Gasteiger partial charge in [-0.15, -0.1) is 11.3 Å². The molecule has 1 saturated heterocycles. The van der Waals surface area contributed by atoms with Crippen molar-refractivity contribution in [1.29, 1.82) is 0 Å². The molecule has 1 aromatic heterocycles. The number of nitrogens with one attached hydrogen (secondary N) is 2. The van der Waals surface area contributed by atoms with E-state index in [1.807, 2.05) is 0 Å². The number of halogens is 1. The molecule has 0 spiro atoms. The summed E-state index contributed by atoms with van der Waals surface area (Å²) < 4.78 is 0.859. The summed E-state index contributed by atoms with van der Waals surface area (Å²) in [6.07, 6.45) is -0.000379. The summed E-state index contributed by atoms with van der Waals surface area (Å²) in [5.41, 5.74) is 5.63. The number of hydrogen-bond donors (Lipinski definition) is 2. The number of rotatable bonds is 4. The molecule has 1 atom stereocenters. The van der Waals surface area contributed by atoms with E-state index in [1.54, 1.807) is 41.8 Å². The number of amides is 3. The van der Waals surface area contributed by atoms with Crippen molar-refractivity contribution in [2.45, 2.75) is 12.5 Å². The van der Waals surface area contributed by atoms with Gasteiger partial charge in [0.2, 0.25) is 5.91 Å². The molecule has 118 valence electrons. The van der Waals surface area contributed by atoms with Crippen LogP contribution in [-0.2, 0) is 9.59 Å². The predicted octanol–water partition coefficient (Wildman–Crippen LogP) is 2.08. The van der Waals surface area contributed by atoms with Gasteiger partial charge < -0.3 is 0 Å². The fourth-order valence-electron chi connectivity index (χ4n) is 2.23. The molecule has 3 rings (SSSR count). The fourth-order valence-corrected chi connectivity index (χ4v) is 3.11. The second-order valence-electron chi connectivity index (χ2n) is 4.88. The molecule has 23 heavy (non-hydrogen) atoms. The van der Waals surface area contributed by atoms with Gasteiger partial charge in [0, 0.05) is 4.47 Å². The average molecular weight is 394 g/mol. The molecule has 8 heteroatoms. The van der Waals surface area contributed by atoms with Crippen molar-refractivity contribution in [2.75, 3.05) is 4.90 Å². The summed E-state index contributed by atoms with van der Waals surface area (Å²) in [7, 11) is 0. The summed E-state index contributed by atoms with van der Waals surface area (Å²) in [4.78, 5) is 38.0. The fraction of sp³-hybridized carbons (Fsp3) is 0.133. The second-order valence-corrected chi connectivity index (χ2v) is 6.74. The van der Waals surface area contributed by atoms with E-state index in [-0.39, 0.29) is 24.1 Å². The first-order valence-electron chi connectivity index (χ1n) is 6.78. The molecular weight excluding hydrogens is 382 g/mol. The maximum atomic E-state index is 12.4. The van der Waals surface area contributed by atoms with Gasteiger partial charge in [0.15, 0.2) is 0 Å². The van der Waals surface area contributed by atoms with Crippen LogP contribution in [0.1, 0.15) is 16.1 Å². The Kier molecular flexibility index (Phi) is 4.56. The number of hydrogen-bond acceptors (Lipinski definition) is 5. The van der Waals surface area contributed by atoms with E-state index in [2.05, 4.69) is 26.8 Å². The normalized spacial score (nSPS) is 17.6. The van der Waals surface area contributed by atoms with E-state index in [0.717, 1.165) is 9.37 Å². The van der Waals surface area contributed by atoms with Gasteiger partial charge in [-0.2, -0.15) is 0 Å². The van der Waals surface area contributed by atoms with Crippen LogP contribution >= 0.6 is 27.3 Å². The van der Waals surface area contributed by atoms with Crippen LogP contribution < -0.4 is 15.8 Å². The highest BCUT2D eigenvalue weighted by Gasteiger charge is 2.39. The van der Waals surface area contributed by atoms with Crippen molar-refractivity contribution in [3.63, 3.8) is 0 Å². The maximum absolute atomic E-state index is 12.4. The standard InChI is InChI=1S/C15H12BrN3O3S/c16-9-3-5-10(6-4-9)19-13(20)8-11(15(19)22)17-18-14(21)12-2-1-7-23-12/h1-7,11,17H,8H2,(H,18,21)/t11-/m1/s1.